The molecule has 4 heteroatoms. The molecule has 0 bridgehead atoms. The van der Waals surface area contributed by atoms with Crippen molar-refractivity contribution in [3.8, 4) is 0 Å². The second-order valence-corrected chi connectivity index (χ2v) is 4.67. The lowest BCUT2D eigenvalue weighted by Gasteiger charge is -2.10. The third-order valence-electron chi connectivity index (χ3n) is 2.93. The first kappa shape index (κ1) is 11.8. The molecule has 0 radical (unpaired) electrons. The van der Waals surface area contributed by atoms with Crippen molar-refractivity contribution in [1.82, 2.24) is 4.98 Å². The third-order valence-corrected chi connectivity index (χ3v) is 3.18. The van der Waals surface area contributed by atoms with Crippen LogP contribution < -0.4 is 11.1 Å². The van der Waals surface area contributed by atoms with Gasteiger partial charge >= 0.3 is 0 Å². The van der Waals surface area contributed by atoms with Gasteiger partial charge in [0.2, 0.25) is 0 Å². The van der Waals surface area contributed by atoms with Crippen molar-refractivity contribution >= 4 is 39.6 Å². The zero-order valence-corrected chi connectivity index (χ0v) is 10.9. The van der Waals surface area contributed by atoms with Gasteiger partial charge in [0.25, 0.3) is 0 Å². The first-order chi connectivity index (χ1) is 9.24. The number of nitrogens with zero attached hydrogens (tertiary/aromatic N) is 1. The van der Waals surface area contributed by atoms with E-state index in [1.165, 1.54) is 0 Å². The standard InChI is InChI=1S/C15H12ClN3/c16-10-4-6-11(7-5-10)19-14-8-9-18-15-12(14)2-1-3-13(15)17/h1-9H,17H2,(H,18,19). The van der Waals surface area contributed by atoms with Crippen molar-refractivity contribution in [2.45, 2.75) is 0 Å². The molecule has 0 fully saturated rings. The Balaban J connectivity index is 2.06. The van der Waals surface area contributed by atoms with Gasteiger partial charge in [0.15, 0.2) is 0 Å². The number of nitrogens with two attached hydrogens (primary N) is 1. The summed E-state index contributed by atoms with van der Waals surface area (Å²) >= 11 is 5.88. The van der Waals surface area contributed by atoms with Crippen LogP contribution in [-0.2, 0) is 0 Å². The van der Waals surface area contributed by atoms with Crippen LogP contribution in [0.4, 0.5) is 17.1 Å². The van der Waals surface area contributed by atoms with Gasteiger partial charge in [0.05, 0.1) is 11.2 Å². The molecule has 19 heavy (non-hydrogen) atoms. The van der Waals surface area contributed by atoms with E-state index in [-0.39, 0.29) is 0 Å². The molecule has 0 spiro atoms. The molecule has 3 aromatic rings. The van der Waals surface area contributed by atoms with Crippen LogP contribution in [0.25, 0.3) is 10.9 Å². The van der Waals surface area contributed by atoms with Gasteiger partial charge in [-0.2, -0.15) is 0 Å². The van der Waals surface area contributed by atoms with Crippen LogP contribution in [0.5, 0.6) is 0 Å². The molecule has 0 atom stereocenters. The van der Waals surface area contributed by atoms with Gasteiger partial charge in [-0.05, 0) is 36.4 Å². The van der Waals surface area contributed by atoms with E-state index >= 15 is 0 Å². The highest BCUT2D eigenvalue weighted by Gasteiger charge is 2.04. The van der Waals surface area contributed by atoms with Crippen molar-refractivity contribution in [1.29, 1.82) is 0 Å². The maximum Gasteiger partial charge on any atom is 0.0951 e. The number of anilines is 3. The summed E-state index contributed by atoms with van der Waals surface area (Å²) in [7, 11) is 0. The molecule has 0 unspecified atom stereocenters. The Labute approximate surface area is 116 Å². The maximum atomic E-state index is 5.93. The predicted molar refractivity (Wildman–Crippen MR) is 80.9 cm³/mol. The van der Waals surface area contributed by atoms with Gasteiger partial charge < -0.3 is 11.1 Å². The van der Waals surface area contributed by atoms with E-state index < -0.39 is 0 Å². The van der Waals surface area contributed by atoms with Crippen LogP contribution in [0.2, 0.25) is 5.02 Å². The van der Waals surface area contributed by atoms with Crippen LogP contribution in [0.1, 0.15) is 0 Å². The number of hydrogen-bond donors (Lipinski definition) is 2. The summed E-state index contributed by atoms with van der Waals surface area (Å²) < 4.78 is 0. The molecular weight excluding hydrogens is 258 g/mol. The Bertz CT molecular complexity index is 723. The van der Waals surface area contributed by atoms with Crippen molar-refractivity contribution in [3.63, 3.8) is 0 Å². The fourth-order valence-electron chi connectivity index (χ4n) is 2.00. The number of rotatable bonds is 2. The highest BCUT2D eigenvalue weighted by Crippen LogP contribution is 2.28. The van der Waals surface area contributed by atoms with Crippen LogP contribution in [-0.4, -0.2) is 4.98 Å². The molecule has 3 N–H and O–H groups in total. The highest BCUT2D eigenvalue weighted by atomic mass is 35.5. The minimum absolute atomic E-state index is 0.678. The normalized spacial score (nSPS) is 10.6. The molecular formula is C15H12ClN3. The lowest BCUT2D eigenvalue weighted by Crippen LogP contribution is -1.94. The molecule has 0 aliphatic rings. The number of nitrogens with one attached hydrogen (secondary N) is 1. The fourth-order valence-corrected chi connectivity index (χ4v) is 2.12. The number of fused-ring (bicyclic) bond motifs is 1. The van der Waals surface area contributed by atoms with Gasteiger partial charge in [-0.25, -0.2) is 0 Å². The average molecular weight is 270 g/mol. The number of halogens is 1. The van der Waals surface area contributed by atoms with Crippen LogP contribution in [0, 0.1) is 0 Å². The van der Waals surface area contributed by atoms with Crippen molar-refractivity contribution in [2.24, 2.45) is 0 Å². The summed E-state index contributed by atoms with van der Waals surface area (Å²) in [4.78, 5) is 4.31. The number of pyridine rings is 1. The summed E-state index contributed by atoms with van der Waals surface area (Å²) in [6.07, 6.45) is 1.75. The Morgan fingerprint density at radius 1 is 1.00 bits per heavy atom. The van der Waals surface area contributed by atoms with Crippen molar-refractivity contribution < 1.29 is 0 Å². The summed E-state index contributed by atoms with van der Waals surface area (Å²) in [5, 5.41) is 5.06. The van der Waals surface area contributed by atoms with E-state index in [1.54, 1.807) is 6.20 Å². The minimum Gasteiger partial charge on any atom is -0.397 e. The Hall–Kier alpha value is -2.26. The number of hydrogen-bond acceptors (Lipinski definition) is 3. The second-order valence-electron chi connectivity index (χ2n) is 4.23. The average Bonchev–Trinajstić information content (AvgIpc) is 2.43. The summed E-state index contributed by atoms with van der Waals surface area (Å²) in [5.41, 5.74) is 9.36. The Morgan fingerprint density at radius 2 is 1.79 bits per heavy atom. The Kier molecular flexibility index (Phi) is 2.97. The maximum absolute atomic E-state index is 5.93. The largest absolute Gasteiger partial charge is 0.397 e. The van der Waals surface area contributed by atoms with E-state index in [2.05, 4.69) is 10.3 Å². The van der Waals surface area contributed by atoms with Crippen molar-refractivity contribution in [2.75, 3.05) is 11.1 Å². The van der Waals surface area contributed by atoms with E-state index in [1.807, 2.05) is 48.5 Å². The molecule has 2 aromatic carbocycles. The van der Waals surface area contributed by atoms with Gasteiger partial charge in [-0.3, -0.25) is 4.98 Å². The monoisotopic (exact) mass is 269 g/mol. The van der Waals surface area contributed by atoms with E-state index in [0.29, 0.717) is 5.69 Å². The molecule has 0 amide bonds. The van der Waals surface area contributed by atoms with Crippen LogP contribution in [0.3, 0.4) is 0 Å². The van der Waals surface area contributed by atoms with E-state index in [9.17, 15) is 0 Å². The van der Waals surface area contributed by atoms with Gasteiger partial charge in [-0.15, -0.1) is 0 Å². The van der Waals surface area contributed by atoms with Crippen LogP contribution >= 0.6 is 11.6 Å². The highest BCUT2D eigenvalue weighted by molar-refractivity contribution is 6.30. The fraction of sp³-hybridized carbons (Fsp3) is 0. The smallest absolute Gasteiger partial charge is 0.0951 e. The number of benzene rings is 2. The minimum atomic E-state index is 0.678. The summed E-state index contributed by atoms with van der Waals surface area (Å²) in [5.74, 6) is 0. The predicted octanol–water partition coefficient (Wildman–Crippen LogP) is 4.21. The molecule has 3 nitrogen and oxygen atoms in total. The quantitative estimate of drug-likeness (QED) is 0.685. The van der Waals surface area contributed by atoms with Gasteiger partial charge in [-0.1, -0.05) is 23.7 Å². The molecule has 0 aliphatic carbocycles. The summed E-state index contributed by atoms with van der Waals surface area (Å²) in [6.45, 7) is 0. The van der Waals surface area contributed by atoms with Crippen molar-refractivity contribution in [3.05, 3.63) is 59.8 Å². The number of aromatic nitrogens is 1. The zero-order chi connectivity index (χ0) is 13.2. The summed E-state index contributed by atoms with van der Waals surface area (Å²) in [6, 6.07) is 15.3. The lowest BCUT2D eigenvalue weighted by molar-refractivity contribution is 1.40. The zero-order valence-electron chi connectivity index (χ0n) is 10.1. The molecule has 3 rings (SSSR count). The number of nitrogen functional groups attached to an aromatic ring is 1. The molecule has 1 aromatic heterocycles. The first-order valence-corrected chi connectivity index (χ1v) is 6.27. The lowest BCUT2D eigenvalue weighted by atomic mass is 10.1. The molecule has 1 heterocycles. The van der Waals surface area contributed by atoms with Crippen LogP contribution in [0.15, 0.2) is 54.7 Å². The van der Waals surface area contributed by atoms with Gasteiger partial charge in [0, 0.05) is 28.0 Å². The molecule has 0 saturated carbocycles. The Morgan fingerprint density at radius 3 is 2.58 bits per heavy atom. The molecule has 0 saturated heterocycles. The molecule has 94 valence electrons. The third kappa shape index (κ3) is 2.33. The second kappa shape index (κ2) is 4.78. The molecule has 0 aliphatic heterocycles. The first-order valence-electron chi connectivity index (χ1n) is 5.90. The van der Waals surface area contributed by atoms with E-state index in [4.69, 9.17) is 17.3 Å². The number of para-hydroxylation sites is 1. The van der Waals surface area contributed by atoms with Gasteiger partial charge in [0.1, 0.15) is 0 Å². The SMILES string of the molecule is Nc1cccc2c(Nc3ccc(Cl)cc3)ccnc12. The van der Waals surface area contributed by atoms with E-state index in [0.717, 1.165) is 27.3 Å². The topological polar surface area (TPSA) is 50.9 Å².